The quantitative estimate of drug-likeness (QED) is 0.625. The van der Waals surface area contributed by atoms with E-state index in [9.17, 15) is 9.18 Å². The van der Waals surface area contributed by atoms with Crippen molar-refractivity contribution in [2.24, 2.45) is 4.99 Å². The van der Waals surface area contributed by atoms with Crippen LogP contribution in [0.25, 0.3) is 6.08 Å². The molecule has 0 aliphatic carbocycles. The van der Waals surface area contributed by atoms with Crippen molar-refractivity contribution in [2.75, 3.05) is 0 Å². The maximum Gasteiger partial charge on any atom is 0.363 e. The van der Waals surface area contributed by atoms with E-state index in [0.717, 1.165) is 0 Å². The first kappa shape index (κ1) is 13.5. The number of benzene rings is 2. The second kappa shape index (κ2) is 5.50. The molecule has 21 heavy (non-hydrogen) atoms. The van der Waals surface area contributed by atoms with E-state index in [2.05, 4.69) is 4.99 Å². The summed E-state index contributed by atoms with van der Waals surface area (Å²) in [6, 6.07) is 13.0. The molecule has 0 saturated heterocycles. The number of hydrogen-bond acceptors (Lipinski definition) is 3. The summed E-state index contributed by atoms with van der Waals surface area (Å²) in [5, 5.41) is 0.427. The molecule has 0 saturated carbocycles. The summed E-state index contributed by atoms with van der Waals surface area (Å²) < 4.78 is 18.7. The number of esters is 1. The standard InChI is InChI=1S/C16H9ClFNO2/c17-12-7-3-2-6-11(12)15-19-14(16(20)21-15)9-10-5-1-4-8-13(10)18/h1-9H/b14-9-. The van der Waals surface area contributed by atoms with Gasteiger partial charge >= 0.3 is 5.97 Å². The van der Waals surface area contributed by atoms with Gasteiger partial charge in [0.05, 0.1) is 10.6 Å². The molecule has 0 radical (unpaired) electrons. The zero-order chi connectivity index (χ0) is 14.8. The molecule has 0 N–H and O–H groups in total. The first-order valence-corrected chi connectivity index (χ1v) is 6.55. The van der Waals surface area contributed by atoms with Crippen LogP contribution in [0.3, 0.4) is 0 Å². The summed E-state index contributed by atoms with van der Waals surface area (Å²) >= 11 is 6.03. The number of carbonyl (C=O) groups excluding carboxylic acids is 1. The zero-order valence-electron chi connectivity index (χ0n) is 10.7. The Morgan fingerprint density at radius 3 is 2.57 bits per heavy atom. The van der Waals surface area contributed by atoms with E-state index < -0.39 is 11.8 Å². The average Bonchev–Trinajstić information content (AvgIpc) is 2.83. The van der Waals surface area contributed by atoms with Gasteiger partial charge in [-0.1, -0.05) is 41.9 Å². The van der Waals surface area contributed by atoms with Crippen molar-refractivity contribution in [1.29, 1.82) is 0 Å². The fourth-order valence-corrected chi connectivity index (χ4v) is 2.12. The van der Waals surface area contributed by atoms with Crippen molar-refractivity contribution in [1.82, 2.24) is 0 Å². The molecule has 1 heterocycles. The number of hydrogen-bond donors (Lipinski definition) is 0. The molecule has 1 aliphatic heterocycles. The lowest BCUT2D eigenvalue weighted by atomic mass is 10.2. The van der Waals surface area contributed by atoms with E-state index in [-0.39, 0.29) is 17.2 Å². The van der Waals surface area contributed by atoms with Gasteiger partial charge in [0.1, 0.15) is 5.82 Å². The minimum absolute atomic E-state index is 0.0371. The fraction of sp³-hybridized carbons (Fsp3) is 0. The zero-order valence-corrected chi connectivity index (χ0v) is 11.5. The van der Waals surface area contributed by atoms with E-state index >= 15 is 0 Å². The number of cyclic esters (lactones) is 1. The van der Waals surface area contributed by atoms with Gasteiger partial charge in [-0.15, -0.1) is 0 Å². The summed E-state index contributed by atoms with van der Waals surface area (Å²) in [7, 11) is 0. The second-order valence-electron chi connectivity index (χ2n) is 4.34. The van der Waals surface area contributed by atoms with Gasteiger partial charge in [0.25, 0.3) is 0 Å². The maximum absolute atomic E-state index is 13.6. The predicted octanol–water partition coefficient (Wildman–Crippen LogP) is 3.82. The molecule has 3 rings (SSSR count). The van der Waals surface area contributed by atoms with Crippen LogP contribution in [0.4, 0.5) is 4.39 Å². The summed E-state index contributed by atoms with van der Waals surface area (Å²) in [5.74, 6) is -0.944. The molecule has 5 heteroatoms. The van der Waals surface area contributed by atoms with E-state index in [1.807, 2.05) is 0 Å². The summed E-state index contributed by atoms with van der Waals surface area (Å²) in [4.78, 5) is 15.9. The molecular weight excluding hydrogens is 293 g/mol. The van der Waals surface area contributed by atoms with E-state index in [1.54, 1.807) is 42.5 Å². The third-order valence-corrected chi connectivity index (χ3v) is 3.25. The minimum atomic E-state index is -0.631. The monoisotopic (exact) mass is 301 g/mol. The highest BCUT2D eigenvalue weighted by molar-refractivity contribution is 6.34. The van der Waals surface area contributed by atoms with Gasteiger partial charge in [-0.25, -0.2) is 14.2 Å². The highest BCUT2D eigenvalue weighted by Crippen LogP contribution is 2.23. The van der Waals surface area contributed by atoms with Gasteiger partial charge in [-0.05, 0) is 24.3 Å². The van der Waals surface area contributed by atoms with Gasteiger partial charge < -0.3 is 4.74 Å². The Bertz CT molecular complexity index is 783. The van der Waals surface area contributed by atoms with Crippen LogP contribution in [-0.4, -0.2) is 11.9 Å². The molecule has 0 atom stereocenters. The average molecular weight is 302 g/mol. The van der Waals surface area contributed by atoms with Crippen LogP contribution in [0.2, 0.25) is 5.02 Å². The molecule has 0 spiro atoms. The Labute approximate surface area is 125 Å². The highest BCUT2D eigenvalue weighted by Gasteiger charge is 2.25. The van der Waals surface area contributed by atoms with E-state index in [0.29, 0.717) is 10.6 Å². The van der Waals surface area contributed by atoms with Gasteiger partial charge in [-0.3, -0.25) is 0 Å². The number of nitrogens with zero attached hydrogens (tertiary/aromatic N) is 1. The predicted molar refractivity (Wildman–Crippen MR) is 78.5 cm³/mol. The Hall–Kier alpha value is -2.46. The number of aliphatic imine (C=N–C) groups is 1. The van der Waals surface area contributed by atoms with Crippen LogP contribution < -0.4 is 0 Å². The Balaban J connectivity index is 2.00. The smallest absolute Gasteiger partial charge is 0.363 e. The molecule has 0 amide bonds. The number of rotatable bonds is 2. The molecule has 0 aromatic heterocycles. The van der Waals surface area contributed by atoms with E-state index in [1.165, 1.54) is 12.1 Å². The first-order chi connectivity index (χ1) is 10.1. The van der Waals surface area contributed by atoms with Crippen molar-refractivity contribution in [2.45, 2.75) is 0 Å². The van der Waals surface area contributed by atoms with Crippen molar-refractivity contribution in [3.8, 4) is 0 Å². The maximum atomic E-state index is 13.6. The Kier molecular flexibility index (Phi) is 3.54. The van der Waals surface area contributed by atoms with Gasteiger partial charge in [-0.2, -0.15) is 0 Å². The Morgan fingerprint density at radius 1 is 1.10 bits per heavy atom. The van der Waals surface area contributed by atoms with Crippen LogP contribution in [0.15, 0.2) is 59.2 Å². The Morgan fingerprint density at radius 2 is 1.81 bits per heavy atom. The van der Waals surface area contributed by atoms with E-state index in [4.69, 9.17) is 16.3 Å². The number of carbonyl (C=O) groups is 1. The lowest BCUT2D eigenvalue weighted by molar-refractivity contribution is -0.129. The number of halogens is 2. The van der Waals surface area contributed by atoms with Crippen LogP contribution >= 0.6 is 11.6 Å². The topological polar surface area (TPSA) is 38.7 Å². The van der Waals surface area contributed by atoms with Gasteiger partial charge in [0, 0.05) is 5.56 Å². The molecule has 2 aromatic rings. The first-order valence-electron chi connectivity index (χ1n) is 6.17. The molecule has 3 nitrogen and oxygen atoms in total. The van der Waals surface area contributed by atoms with Crippen LogP contribution in [0.5, 0.6) is 0 Å². The molecule has 0 unspecified atom stereocenters. The summed E-state index contributed by atoms with van der Waals surface area (Å²) in [6.45, 7) is 0. The van der Waals surface area contributed by atoms with Crippen molar-refractivity contribution >= 4 is 29.5 Å². The molecule has 104 valence electrons. The normalized spacial score (nSPS) is 16.0. The summed E-state index contributed by atoms with van der Waals surface area (Å²) in [5.41, 5.74) is 0.827. The highest BCUT2D eigenvalue weighted by atomic mass is 35.5. The third kappa shape index (κ3) is 2.71. The lowest BCUT2D eigenvalue weighted by Crippen LogP contribution is -2.05. The van der Waals surface area contributed by atoms with Crippen LogP contribution in [0, 0.1) is 5.82 Å². The molecule has 1 aliphatic rings. The SMILES string of the molecule is O=C1OC(c2ccccc2Cl)=N/C1=C\c1ccccc1F. The van der Waals surface area contributed by atoms with Crippen LogP contribution in [-0.2, 0) is 9.53 Å². The molecular formula is C16H9ClFNO2. The molecule has 2 aromatic carbocycles. The van der Waals surface area contributed by atoms with Crippen molar-refractivity contribution < 1.29 is 13.9 Å². The number of ether oxygens (including phenoxy) is 1. The van der Waals surface area contributed by atoms with Gasteiger partial charge in [0.15, 0.2) is 5.70 Å². The minimum Gasteiger partial charge on any atom is -0.402 e. The van der Waals surface area contributed by atoms with Crippen LogP contribution in [0.1, 0.15) is 11.1 Å². The largest absolute Gasteiger partial charge is 0.402 e. The molecule has 0 bridgehead atoms. The summed E-state index contributed by atoms with van der Waals surface area (Å²) in [6.07, 6.45) is 1.35. The fourth-order valence-electron chi connectivity index (χ4n) is 1.90. The van der Waals surface area contributed by atoms with Crippen molar-refractivity contribution in [3.05, 3.63) is 76.2 Å². The molecule has 0 fully saturated rings. The lowest BCUT2D eigenvalue weighted by Gasteiger charge is -2.00. The van der Waals surface area contributed by atoms with Gasteiger partial charge in [0.2, 0.25) is 5.90 Å². The third-order valence-electron chi connectivity index (χ3n) is 2.92. The second-order valence-corrected chi connectivity index (χ2v) is 4.74. The van der Waals surface area contributed by atoms with Crippen molar-refractivity contribution in [3.63, 3.8) is 0 Å².